The van der Waals surface area contributed by atoms with Crippen LogP contribution in [0.1, 0.15) is 290 Å². The minimum atomic E-state index is -4.72. The van der Waals surface area contributed by atoms with E-state index in [1.807, 2.05) is 33.3 Å². The normalized spacial score (nSPS) is 14.3. The third-order valence-corrected chi connectivity index (χ3v) is 15.6. The summed E-state index contributed by atoms with van der Waals surface area (Å²) < 4.78 is 30.4. The molecule has 0 heterocycles. The smallest absolute Gasteiger partial charge is 0.306 e. The Morgan fingerprint density at radius 3 is 1.12 bits per heavy atom. The minimum Gasteiger partial charge on any atom is -0.756 e. The van der Waals surface area contributed by atoms with E-state index in [4.69, 9.17) is 13.8 Å². The Morgan fingerprint density at radius 1 is 0.422 bits per heavy atom. The molecule has 9 nitrogen and oxygen atoms in total. The molecular formula is C73H129N2O7P. The molecule has 0 aromatic rings. The monoisotopic (exact) mass is 1180 g/mol. The summed E-state index contributed by atoms with van der Waals surface area (Å²) in [6, 6.07) is -0.907. The Hall–Kier alpha value is -3.33. The second-order valence-electron chi connectivity index (χ2n) is 24.0. The van der Waals surface area contributed by atoms with Crippen LogP contribution < -0.4 is 10.2 Å². The van der Waals surface area contributed by atoms with Crippen LogP contribution >= 0.6 is 7.82 Å². The highest BCUT2D eigenvalue weighted by Gasteiger charge is 2.27. The maximum absolute atomic E-state index is 13.6. The molecule has 0 aliphatic heterocycles. The Kier molecular flexibility index (Phi) is 59.3. The molecule has 0 saturated heterocycles. The first-order chi connectivity index (χ1) is 40.4. The number of quaternary nitrogens is 1. The zero-order valence-corrected chi connectivity index (χ0v) is 55.5. The van der Waals surface area contributed by atoms with E-state index in [1.54, 1.807) is 0 Å². The molecule has 0 aliphatic rings. The van der Waals surface area contributed by atoms with Crippen molar-refractivity contribution >= 4 is 19.7 Å². The number of ether oxygens (including phenoxy) is 1. The molecule has 0 spiro atoms. The van der Waals surface area contributed by atoms with Crippen LogP contribution in [0.5, 0.6) is 0 Å². The van der Waals surface area contributed by atoms with E-state index < -0.39 is 26.6 Å². The fourth-order valence-electron chi connectivity index (χ4n) is 9.37. The zero-order chi connectivity index (χ0) is 60.7. The van der Waals surface area contributed by atoms with Crippen molar-refractivity contribution in [1.82, 2.24) is 5.32 Å². The van der Waals surface area contributed by atoms with Crippen molar-refractivity contribution in [3.63, 3.8) is 0 Å². The third-order valence-electron chi connectivity index (χ3n) is 14.7. The summed E-state index contributed by atoms with van der Waals surface area (Å²) in [5.74, 6) is -0.571. The van der Waals surface area contributed by atoms with Crippen molar-refractivity contribution in [2.45, 2.75) is 303 Å². The molecule has 478 valence electrons. The average Bonchev–Trinajstić information content (AvgIpc) is 3.51. The fraction of sp³-hybridized carbons (Fsp3) is 0.726. The van der Waals surface area contributed by atoms with Gasteiger partial charge in [0.05, 0.1) is 33.8 Å². The van der Waals surface area contributed by atoms with Gasteiger partial charge in [-0.1, -0.05) is 265 Å². The topological polar surface area (TPSA) is 114 Å². The van der Waals surface area contributed by atoms with Crippen LogP contribution in [0.25, 0.3) is 0 Å². The van der Waals surface area contributed by atoms with E-state index in [1.165, 1.54) is 128 Å². The molecule has 10 heteroatoms. The van der Waals surface area contributed by atoms with Gasteiger partial charge >= 0.3 is 5.97 Å². The lowest BCUT2D eigenvalue weighted by atomic mass is 10.0. The van der Waals surface area contributed by atoms with Crippen molar-refractivity contribution in [2.24, 2.45) is 0 Å². The highest BCUT2D eigenvalue weighted by molar-refractivity contribution is 7.45. The van der Waals surface area contributed by atoms with Crippen LogP contribution in [-0.2, 0) is 27.9 Å². The number of phosphoric ester groups is 1. The highest BCUT2D eigenvalue weighted by atomic mass is 31.2. The number of esters is 1. The van der Waals surface area contributed by atoms with Crippen LogP contribution in [0.4, 0.5) is 0 Å². The first kappa shape index (κ1) is 79.7. The van der Waals surface area contributed by atoms with Crippen molar-refractivity contribution in [3.8, 4) is 0 Å². The predicted molar refractivity (Wildman–Crippen MR) is 357 cm³/mol. The first-order valence-electron chi connectivity index (χ1n) is 34.2. The van der Waals surface area contributed by atoms with Crippen LogP contribution in [-0.4, -0.2) is 69.4 Å². The number of likely N-dealkylation sites (N-methyl/N-ethyl adjacent to an activating group) is 1. The average molecular weight is 1180 g/mol. The van der Waals surface area contributed by atoms with E-state index >= 15 is 0 Å². The number of amides is 1. The summed E-state index contributed by atoms with van der Waals surface area (Å²) >= 11 is 0. The number of rotatable bonds is 61. The van der Waals surface area contributed by atoms with E-state index in [0.29, 0.717) is 23.9 Å². The van der Waals surface area contributed by atoms with E-state index in [0.717, 1.165) is 122 Å². The second-order valence-corrected chi connectivity index (χ2v) is 25.4. The van der Waals surface area contributed by atoms with Gasteiger partial charge in [-0.05, 0) is 122 Å². The Labute approximate surface area is 512 Å². The molecule has 0 aromatic heterocycles. The zero-order valence-electron chi connectivity index (χ0n) is 54.6. The number of unbranched alkanes of at least 4 members (excludes halogenated alkanes) is 29. The fourth-order valence-corrected chi connectivity index (χ4v) is 10.1. The van der Waals surface area contributed by atoms with Gasteiger partial charge in [0.25, 0.3) is 7.82 Å². The number of nitrogens with one attached hydrogen (secondary N) is 1. The molecule has 0 saturated carbocycles. The summed E-state index contributed by atoms with van der Waals surface area (Å²) in [5, 5.41) is 3.03. The molecule has 83 heavy (non-hydrogen) atoms. The van der Waals surface area contributed by atoms with Crippen LogP contribution in [0.3, 0.4) is 0 Å². The quantitative estimate of drug-likeness (QED) is 0.0212. The van der Waals surface area contributed by atoms with Crippen molar-refractivity contribution in [3.05, 3.63) is 109 Å². The van der Waals surface area contributed by atoms with Crippen LogP contribution in [0.15, 0.2) is 109 Å². The van der Waals surface area contributed by atoms with Gasteiger partial charge in [-0.15, -0.1) is 0 Å². The van der Waals surface area contributed by atoms with Gasteiger partial charge in [0, 0.05) is 12.8 Å². The molecule has 0 rings (SSSR count). The van der Waals surface area contributed by atoms with Gasteiger partial charge in [-0.2, -0.15) is 0 Å². The number of carbonyl (C=O) groups excluding carboxylic acids is 2. The SMILES string of the molecule is CCCCC/C=C\C/C=C\C/C=C\C/C=C\CCCCCCCCCCCC(=O)NC(COP(=O)([O-])OCC[N+](C)(C)C)C(/C=C\CCCCCCCCCCC)OC(=O)CCCCCCC/C=C\C/C=C\C/C=C\C/C=C\CCCCC. The van der Waals surface area contributed by atoms with E-state index in [-0.39, 0.29) is 24.9 Å². The summed E-state index contributed by atoms with van der Waals surface area (Å²) in [5.41, 5.74) is 0. The Morgan fingerprint density at radius 2 is 0.735 bits per heavy atom. The first-order valence-corrected chi connectivity index (χ1v) is 35.7. The number of hydrogen-bond acceptors (Lipinski definition) is 7. The summed E-state index contributed by atoms with van der Waals surface area (Å²) in [7, 11) is 1.16. The van der Waals surface area contributed by atoms with E-state index in [2.05, 4.69) is 123 Å². The van der Waals surface area contributed by atoms with Crippen LogP contribution in [0.2, 0.25) is 0 Å². The van der Waals surface area contributed by atoms with Gasteiger partial charge < -0.3 is 28.5 Å². The molecule has 3 atom stereocenters. The molecule has 0 aromatic carbocycles. The summed E-state index contributed by atoms with van der Waals surface area (Å²) in [4.78, 5) is 40.1. The summed E-state index contributed by atoms with van der Waals surface area (Å²) in [6.07, 6.45) is 84.9. The largest absolute Gasteiger partial charge is 0.756 e. The van der Waals surface area contributed by atoms with Crippen molar-refractivity contribution < 1.29 is 37.3 Å². The van der Waals surface area contributed by atoms with Crippen molar-refractivity contribution in [1.29, 1.82) is 0 Å². The van der Waals surface area contributed by atoms with Crippen LogP contribution in [0, 0.1) is 0 Å². The lowest BCUT2D eigenvalue weighted by Crippen LogP contribution is -2.47. The maximum atomic E-state index is 13.6. The number of phosphoric acid groups is 1. The van der Waals surface area contributed by atoms with Gasteiger partial charge in [0.1, 0.15) is 19.3 Å². The molecule has 1 N–H and O–H groups in total. The highest BCUT2D eigenvalue weighted by Crippen LogP contribution is 2.38. The van der Waals surface area contributed by atoms with Gasteiger partial charge in [-0.3, -0.25) is 14.2 Å². The molecule has 1 amide bonds. The molecule has 0 bridgehead atoms. The lowest BCUT2D eigenvalue weighted by molar-refractivity contribution is -0.870. The molecule has 0 radical (unpaired) electrons. The second kappa shape index (κ2) is 61.7. The van der Waals surface area contributed by atoms with Crippen molar-refractivity contribution in [2.75, 3.05) is 40.9 Å². The number of carbonyl (C=O) groups is 2. The van der Waals surface area contributed by atoms with E-state index in [9.17, 15) is 19.0 Å². The standard InChI is InChI=1S/C73H129N2O7P/c1-7-10-13-16-19-22-25-27-29-31-33-35-36-37-38-40-41-43-45-47-50-53-56-59-62-65-72(76)74-70(69-81-83(78,79)80-68-67-75(4,5)6)71(64-61-58-55-52-49-24-21-18-15-12-9-3)82-73(77)66-63-60-57-54-51-48-46-44-42-39-34-32-30-28-26-23-20-17-14-11-8-2/h19-20,22-23,27-30,33-35,37-39,44,46,61,64,70-71H,7-18,21,24-26,31-32,36,40-43,45,47-60,62-63,65-69H2,1-6H3,(H-,74,76,78,79)/b22-19-,23-20-,29-27-,30-28-,35-33-,38-37-,39-34-,46-44-,64-61-. The summed E-state index contributed by atoms with van der Waals surface area (Å²) in [6.45, 7) is 6.77. The van der Waals surface area contributed by atoms with Gasteiger partial charge in [0.2, 0.25) is 5.91 Å². The molecule has 0 fully saturated rings. The Balaban J connectivity index is 5.15. The maximum Gasteiger partial charge on any atom is 0.306 e. The lowest BCUT2D eigenvalue weighted by Gasteiger charge is -2.30. The number of allylic oxidation sites excluding steroid dienone is 17. The van der Waals surface area contributed by atoms with Gasteiger partial charge in [-0.25, -0.2) is 0 Å². The third kappa shape index (κ3) is 63.0. The minimum absolute atomic E-state index is 0.0321. The predicted octanol–water partition coefficient (Wildman–Crippen LogP) is 21.0. The Bertz CT molecular complexity index is 1790. The number of nitrogens with zero attached hydrogens (tertiary/aromatic N) is 1. The van der Waals surface area contributed by atoms with Gasteiger partial charge in [0.15, 0.2) is 0 Å². The molecule has 3 unspecified atom stereocenters. The molecule has 0 aliphatic carbocycles. The number of hydrogen-bond donors (Lipinski definition) is 1. The molecular weight excluding hydrogens is 1050 g/mol.